The zero-order valence-electron chi connectivity index (χ0n) is 7.86. The van der Waals surface area contributed by atoms with E-state index in [9.17, 15) is 4.79 Å². The molecular weight excluding hydrogens is 172 g/mol. The summed E-state index contributed by atoms with van der Waals surface area (Å²) in [5, 5.41) is 8.71. The first-order chi connectivity index (χ1) is 6.16. The Morgan fingerprint density at radius 2 is 2.15 bits per heavy atom. The lowest BCUT2D eigenvalue weighted by Crippen LogP contribution is -2.08. The molecular formula is C9H16O4. The number of unbranched alkanes of at least 4 members (excludes halogenated alkanes) is 1. The number of carbonyl (C=O) groups is 1. The van der Waals surface area contributed by atoms with Crippen LogP contribution in [0, 0.1) is 0 Å². The second-order valence-corrected chi connectivity index (χ2v) is 2.55. The molecule has 1 atom stereocenters. The highest BCUT2D eigenvalue weighted by molar-refractivity contribution is 5.81. The lowest BCUT2D eigenvalue weighted by atomic mass is 10.3. The van der Waals surface area contributed by atoms with E-state index in [4.69, 9.17) is 14.6 Å². The Bertz CT molecular complexity index is 154. The van der Waals surface area contributed by atoms with Crippen LogP contribution in [0.4, 0.5) is 0 Å². The van der Waals surface area contributed by atoms with Crippen molar-refractivity contribution in [3.05, 3.63) is 12.7 Å². The highest BCUT2D eigenvalue weighted by Gasteiger charge is 1.96. The van der Waals surface area contributed by atoms with E-state index in [1.54, 1.807) is 6.92 Å². The molecule has 0 radical (unpaired) electrons. The van der Waals surface area contributed by atoms with Crippen LogP contribution in [0.1, 0.15) is 19.8 Å². The Labute approximate surface area is 78.2 Å². The fourth-order valence-electron chi connectivity index (χ4n) is 0.690. The van der Waals surface area contributed by atoms with Gasteiger partial charge < -0.3 is 14.6 Å². The van der Waals surface area contributed by atoms with E-state index in [1.165, 1.54) is 0 Å². The molecule has 13 heavy (non-hydrogen) atoms. The van der Waals surface area contributed by atoms with Gasteiger partial charge in [-0.15, -0.1) is 0 Å². The summed E-state index contributed by atoms with van der Waals surface area (Å²) in [7, 11) is 0. The van der Waals surface area contributed by atoms with Gasteiger partial charge in [0.25, 0.3) is 0 Å². The van der Waals surface area contributed by atoms with Gasteiger partial charge in [0, 0.05) is 12.7 Å². The first-order valence-electron chi connectivity index (χ1n) is 4.25. The maximum atomic E-state index is 10.5. The second-order valence-electron chi connectivity index (χ2n) is 2.55. The predicted molar refractivity (Wildman–Crippen MR) is 48.0 cm³/mol. The van der Waals surface area contributed by atoms with Gasteiger partial charge >= 0.3 is 5.97 Å². The van der Waals surface area contributed by atoms with Crippen LogP contribution in [0.25, 0.3) is 0 Å². The van der Waals surface area contributed by atoms with Crippen molar-refractivity contribution in [2.24, 2.45) is 0 Å². The largest absolute Gasteiger partial charge is 0.463 e. The first-order valence-corrected chi connectivity index (χ1v) is 4.25. The van der Waals surface area contributed by atoms with Crippen molar-refractivity contribution in [2.75, 3.05) is 13.2 Å². The fourth-order valence-corrected chi connectivity index (χ4v) is 0.690. The summed E-state index contributed by atoms with van der Waals surface area (Å²) in [5.41, 5.74) is 0. The third kappa shape index (κ3) is 9.04. The molecule has 0 aliphatic rings. The Hall–Kier alpha value is -0.870. The van der Waals surface area contributed by atoms with Crippen molar-refractivity contribution in [1.82, 2.24) is 0 Å². The molecule has 4 heteroatoms. The van der Waals surface area contributed by atoms with E-state index >= 15 is 0 Å². The molecule has 0 rings (SSSR count). The van der Waals surface area contributed by atoms with E-state index in [1.807, 2.05) is 0 Å². The summed E-state index contributed by atoms with van der Waals surface area (Å²) in [6.07, 6.45) is 1.89. The van der Waals surface area contributed by atoms with Crippen molar-refractivity contribution in [3.8, 4) is 0 Å². The van der Waals surface area contributed by atoms with Gasteiger partial charge in [0.15, 0.2) is 6.29 Å². The highest BCUT2D eigenvalue weighted by Crippen LogP contribution is 1.94. The van der Waals surface area contributed by atoms with Gasteiger partial charge in [0.2, 0.25) is 0 Å². The Morgan fingerprint density at radius 1 is 1.54 bits per heavy atom. The molecule has 1 unspecified atom stereocenters. The normalized spacial score (nSPS) is 12.2. The summed E-state index contributed by atoms with van der Waals surface area (Å²) in [6, 6.07) is 0. The van der Waals surface area contributed by atoms with Crippen molar-refractivity contribution in [1.29, 1.82) is 0 Å². The number of rotatable bonds is 7. The number of aliphatic hydroxyl groups excluding tert-OH is 1. The highest BCUT2D eigenvalue weighted by atomic mass is 16.6. The van der Waals surface area contributed by atoms with E-state index in [-0.39, 0.29) is 0 Å². The molecule has 0 aromatic rings. The Kier molecular flexibility index (Phi) is 7.24. The molecule has 0 fully saturated rings. The molecule has 4 nitrogen and oxygen atoms in total. The van der Waals surface area contributed by atoms with E-state index in [2.05, 4.69) is 6.58 Å². The second kappa shape index (κ2) is 7.76. The molecule has 0 saturated carbocycles. The van der Waals surface area contributed by atoms with E-state index in [0.717, 1.165) is 18.9 Å². The van der Waals surface area contributed by atoms with E-state index in [0.29, 0.717) is 13.2 Å². The third-order valence-corrected chi connectivity index (χ3v) is 1.31. The predicted octanol–water partition coefficient (Wildman–Crippen LogP) is 0.851. The van der Waals surface area contributed by atoms with Gasteiger partial charge in [-0.2, -0.15) is 0 Å². The summed E-state index contributed by atoms with van der Waals surface area (Å²) in [4.78, 5) is 10.5. The van der Waals surface area contributed by atoms with Crippen LogP contribution in [-0.4, -0.2) is 30.6 Å². The molecule has 0 bridgehead atoms. The monoisotopic (exact) mass is 188 g/mol. The summed E-state index contributed by atoms with van der Waals surface area (Å²) in [6.45, 7) is 5.66. The quantitative estimate of drug-likeness (QED) is 0.278. The van der Waals surface area contributed by atoms with Crippen LogP contribution in [0.2, 0.25) is 0 Å². The smallest absolute Gasteiger partial charge is 0.330 e. The minimum absolute atomic E-state index is 0.369. The number of esters is 1. The van der Waals surface area contributed by atoms with Gasteiger partial charge in [-0.3, -0.25) is 0 Å². The van der Waals surface area contributed by atoms with Gasteiger partial charge in [-0.1, -0.05) is 6.58 Å². The number of carbonyl (C=O) groups excluding carboxylic acids is 1. The summed E-state index contributed by atoms with van der Waals surface area (Å²) >= 11 is 0. The summed E-state index contributed by atoms with van der Waals surface area (Å²) < 4.78 is 9.59. The van der Waals surface area contributed by atoms with Crippen LogP contribution < -0.4 is 0 Å². The van der Waals surface area contributed by atoms with Gasteiger partial charge in [-0.25, -0.2) is 4.79 Å². The average Bonchev–Trinajstić information content (AvgIpc) is 2.10. The molecule has 0 aliphatic heterocycles. The molecule has 0 heterocycles. The van der Waals surface area contributed by atoms with Crippen molar-refractivity contribution in [3.63, 3.8) is 0 Å². The third-order valence-electron chi connectivity index (χ3n) is 1.31. The van der Waals surface area contributed by atoms with Crippen LogP contribution in [-0.2, 0) is 14.3 Å². The SMILES string of the molecule is C=CC(=O)OCCCCOC(C)O. The Balaban J connectivity index is 3.08. The molecule has 0 saturated heterocycles. The van der Waals surface area contributed by atoms with Crippen LogP contribution >= 0.6 is 0 Å². The van der Waals surface area contributed by atoms with Gasteiger partial charge in [0.05, 0.1) is 6.61 Å². The molecule has 0 amide bonds. The van der Waals surface area contributed by atoms with Crippen molar-refractivity contribution >= 4 is 5.97 Å². The van der Waals surface area contributed by atoms with Crippen LogP contribution in [0.3, 0.4) is 0 Å². The van der Waals surface area contributed by atoms with Crippen LogP contribution in [0.15, 0.2) is 12.7 Å². The minimum atomic E-state index is -0.726. The lowest BCUT2D eigenvalue weighted by molar-refractivity contribution is -0.138. The standard InChI is InChI=1S/C9H16O4/c1-3-9(11)13-7-5-4-6-12-8(2)10/h3,8,10H,1,4-7H2,2H3. The maximum Gasteiger partial charge on any atom is 0.330 e. The Morgan fingerprint density at radius 3 is 2.69 bits per heavy atom. The summed E-state index contributed by atoms with van der Waals surface area (Å²) in [5.74, 6) is -0.406. The zero-order valence-corrected chi connectivity index (χ0v) is 7.86. The van der Waals surface area contributed by atoms with Crippen LogP contribution in [0.5, 0.6) is 0 Å². The molecule has 76 valence electrons. The molecule has 1 N–H and O–H groups in total. The molecule has 0 aromatic carbocycles. The number of hydrogen-bond donors (Lipinski definition) is 1. The number of hydrogen-bond acceptors (Lipinski definition) is 4. The maximum absolute atomic E-state index is 10.5. The van der Waals surface area contributed by atoms with E-state index < -0.39 is 12.3 Å². The van der Waals surface area contributed by atoms with Gasteiger partial charge in [-0.05, 0) is 19.8 Å². The molecule has 0 aliphatic carbocycles. The topological polar surface area (TPSA) is 55.8 Å². The number of aliphatic hydroxyl groups is 1. The first kappa shape index (κ1) is 12.1. The molecule has 0 spiro atoms. The van der Waals surface area contributed by atoms with Crippen molar-refractivity contribution in [2.45, 2.75) is 26.1 Å². The average molecular weight is 188 g/mol. The minimum Gasteiger partial charge on any atom is -0.463 e. The van der Waals surface area contributed by atoms with Gasteiger partial charge in [0.1, 0.15) is 0 Å². The lowest BCUT2D eigenvalue weighted by Gasteiger charge is -2.05. The van der Waals surface area contributed by atoms with Crippen molar-refractivity contribution < 1.29 is 19.4 Å². The zero-order chi connectivity index (χ0) is 10.1. The number of ether oxygens (including phenoxy) is 2. The molecule has 0 aromatic heterocycles. The fraction of sp³-hybridized carbons (Fsp3) is 0.667.